The number of aromatic nitrogens is 1. The first kappa shape index (κ1) is 14.0. The zero-order valence-electron chi connectivity index (χ0n) is 12.4. The molecular weight excluding hydrogens is 300 g/mol. The molecule has 116 valence electrons. The van der Waals surface area contributed by atoms with E-state index in [4.69, 9.17) is 4.74 Å². The number of aromatic carboxylic acids is 1. The minimum absolute atomic E-state index is 0.189. The van der Waals surface area contributed by atoms with Crippen LogP contribution in [0, 0.1) is 5.92 Å². The van der Waals surface area contributed by atoms with Gasteiger partial charge in [0.15, 0.2) is 5.69 Å². The van der Waals surface area contributed by atoms with Gasteiger partial charge in [-0.05, 0) is 61.1 Å². The van der Waals surface area contributed by atoms with E-state index in [0.717, 1.165) is 27.9 Å². The van der Waals surface area contributed by atoms with E-state index in [1.54, 1.807) is 7.11 Å². The first-order chi connectivity index (χ1) is 10.7. The van der Waals surface area contributed by atoms with Crippen molar-refractivity contribution in [2.24, 2.45) is 5.92 Å². The van der Waals surface area contributed by atoms with Crippen molar-refractivity contribution in [2.45, 2.75) is 18.8 Å². The summed E-state index contributed by atoms with van der Waals surface area (Å²) < 4.78 is 10.5. The SMILES string of the molecule is COc1cc([C@H]2CN3CCC2CC3)c2c(C(=O)O)nsc2c1. The molecule has 5 nitrogen and oxygen atoms in total. The lowest BCUT2D eigenvalue weighted by molar-refractivity contribution is 0.0693. The van der Waals surface area contributed by atoms with E-state index >= 15 is 0 Å². The number of hydrogen-bond donors (Lipinski definition) is 1. The van der Waals surface area contributed by atoms with Crippen LogP contribution in [-0.2, 0) is 0 Å². The van der Waals surface area contributed by atoms with Gasteiger partial charge in [0.25, 0.3) is 0 Å². The first-order valence-electron chi connectivity index (χ1n) is 7.60. The normalized spacial score (nSPS) is 27.2. The van der Waals surface area contributed by atoms with Gasteiger partial charge in [0.1, 0.15) is 5.75 Å². The van der Waals surface area contributed by atoms with Crippen LogP contribution in [0.4, 0.5) is 0 Å². The van der Waals surface area contributed by atoms with Gasteiger partial charge in [-0.15, -0.1) is 0 Å². The fourth-order valence-electron chi connectivity index (χ4n) is 3.95. The smallest absolute Gasteiger partial charge is 0.356 e. The van der Waals surface area contributed by atoms with E-state index in [-0.39, 0.29) is 5.69 Å². The number of hydrogen-bond acceptors (Lipinski definition) is 5. The molecule has 1 aromatic heterocycles. The molecule has 1 N–H and O–H groups in total. The van der Waals surface area contributed by atoms with E-state index in [1.165, 1.54) is 37.5 Å². The highest BCUT2D eigenvalue weighted by Gasteiger charge is 2.37. The number of fused-ring (bicyclic) bond motifs is 4. The van der Waals surface area contributed by atoms with E-state index in [2.05, 4.69) is 9.27 Å². The number of benzene rings is 1. The van der Waals surface area contributed by atoms with Crippen LogP contribution in [-0.4, -0.2) is 47.1 Å². The lowest BCUT2D eigenvalue weighted by atomic mass is 9.74. The molecule has 0 unspecified atom stereocenters. The maximum Gasteiger partial charge on any atom is 0.356 e. The summed E-state index contributed by atoms with van der Waals surface area (Å²) in [5.74, 6) is 0.870. The van der Waals surface area contributed by atoms with Crippen molar-refractivity contribution in [3.63, 3.8) is 0 Å². The third-order valence-corrected chi connectivity index (χ3v) is 5.86. The van der Waals surface area contributed by atoms with Crippen molar-refractivity contribution >= 4 is 27.6 Å². The molecule has 3 saturated heterocycles. The van der Waals surface area contributed by atoms with Gasteiger partial charge < -0.3 is 14.7 Å². The van der Waals surface area contributed by atoms with Crippen LogP contribution in [0.15, 0.2) is 12.1 Å². The molecule has 3 aliphatic rings. The van der Waals surface area contributed by atoms with Crippen LogP contribution < -0.4 is 4.74 Å². The lowest BCUT2D eigenvalue weighted by Crippen LogP contribution is -2.46. The Balaban J connectivity index is 1.90. The van der Waals surface area contributed by atoms with Crippen molar-refractivity contribution < 1.29 is 14.6 Å². The third kappa shape index (κ3) is 2.09. The molecule has 0 spiro atoms. The molecule has 4 heterocycles. The number of carboxylic acids is 1. The number of carbonyl (C=O) groups is 1. The predicted molar refractivity (Wildman–Crippen MR) is 85.0 cm³/mol. The number of nitrogens with zero attached hydrogens (tertiary/aromatic N) is 2. The fraction of sp³-hybridized carbons (Fsp3) is 0.500. The van der Waals surface area contributed by atoms with Crippen LogP contribution in [0.3, 0.4) is 0 Å². The minimum Gasteiger partial charge on any atom is -0.497 e. The van der Waals surface area contributed by atoms with E-state index in [9.17, 15) is 9.90 Å². The summed E-state index contributed by atoms with van der Waals surface area (Å²) in [4.78, 5) is 14.0. The minimum atomic E-state index is -0.945. The molecule has 6 heteroatoms. The highest BCUT2D eigenvalue weighted by atomic mass is 32.1. The van der Waals surface area contributed by atoms with E-state index < -0.39 is 5.97 Å². The van der Waals surface area contributed by atoms with Crippen molar-refractivity contribution in [3.05, 3.63) is 23.4 Å². The maximum atomic E-state index is 11.5. The summed E-state index contributed by atoms with van der Waals surface area (Å²) in [5.41, 5.74) is 1.30. The Morgan fingerprint density at radius 3 is 2.77 bits per heavy atom. The Hall–Kier alpha value is -1.66. The van der Waals surface area contributed by atoms with Crippen molar-refractivity contribution in [1.29, 1.82) is 0 Å². The second-order valence-electron chi connectivity index (χ2n) is 6.17. The Labute approximate surface area is 132 Å². The summed E-state index contributed by atoms with van der Waals surface area (Å²) in [6.45, 7) is 3.35. The molecule has 1 atom stereocenters. The molecule has 22 heavy (non-hydrogen) atoms. The first-order valence-corrected chi connectivity index (χ1v) is 8.37. The second kappa shape index (κ2) is 5.21. The van der Waals surface area contributed by atoms with Gasteiger partial charge in [-0.25, -0.2) is 4.79 Å². The Bertz CT molecular complexity index is 734. The van der Waals surface area contributed by atoms with Gasteiger partial charge >= 0.3 is 5.97 Å². The van der Waals surface area contributed by atoms with Gasteiger partial charge in [0.2, 0.25) is 0 Å². The molecule has 0 amide bonds. The predicted octanol–water partition coefficient (Wildman–Crippen LogP) is 2.81. The summed E-state index contributed by atoms with van der Waals surface area (Å²) in [6.07, 6.45) is 2.40. The Kier molecular flexibility index (Phi) is 3.31. The molecule has 0 aliphatic carbocycles. The number of rotatable bonds is 3. The summed E-state index contributed by atoms with van der Waals surface area (Å²) in [7, 11) is 1.65. The van der Waals surface area contributed by atoms with Gasteiger partial charge in [-0.1, -0.05) is 0 Å². The van der Waals surface area contributed by atoms with Gasteiger partial charge in [-0.2, -0.15) is 4.37 Å². The van der Waals surface area contributed by atoms with E-state index in [1.807, 2.05) is 12.1 Å². The maximum absolute atomic E-state index is 11.5. The van der Waals surface area contributed by atoms with Gasteiger partial charge in [0, 0.05) is 17.8 Å². The van der Waals surface area contributed by atoms with Gasteiger partial charge in [0.05, 0.1) is 11.8 Å². The number of methoxy groups -OCH3 is 1. The van der Waals surface area contributed by atoms with Crippen LogP contribution >= 0.6 is 11.5 Å². The second-order valence-corrected chi connectivity index (χ2v) is 6.98. The third-order valence-electron chi connectivity index (χ3n) is 5.07. The van der Waals surface area contributed by atoms with Gasteiger partial charge in [-0.3, -0.25) is 0 Å². The molecule has 0 saturated carbocycles. The summed E-state index contributed by atoms with van der Waals surface area (Å²) in [5, 5.41) is 10.3. The summed E-state index contributed by atoms with van der Waals surface area (Å²) in [6, 6.07) is 3.92. The average molecular weight is 318 g/mol. The van der Waals surface area contributed by atoms with Crippen molar-refractivity contribution in [3.8, 4) is 5.75 Å². The van der Waals surface area contributed by atoms with Crippen LogP contribution in [0.2, 0.25) is 0 Å². The van der Waals surface area contributed by atoms with Crippen LogP contribution in [0.25, 0.3) is 10.1 Å². The number of piperidine rings is 3. The van der Waals surface area contributed by atoms with Crippen molar-refractivity contribution in [1.82, 2.24) is 9.27 Å². The highest BCUT2D eigenvalue weighted by Crippen LogP contribution is 2.44. The molecule has 2 bridgehead atoms. The standard InChI is InChI=1S/C16H18N2O3S/c1-21-10-6-11(12-8-18-4-2-9(12)3-5-18)14-13(7-10)22-17-15(14)16(19)20/h6-7,9,12H,2-5,8H2,1H3,(H,19,20)/t12-/m0/s1. The molecule has 0 radical (unpaired) electrons. The quantitative estimate of drug-likeness (QED) is 0.943. The molecule has 3 aliphatic heterocycles. The van der Waals surface area contributed by atoms with Crippen LogP contribution in [0.5, 0.6) is 5.75 Å². The Morgan fingerprint density at radius 1 is 1.41 bits per heavy atom. The molecule has 2 aromatic rings. The zero-order chi connectivity index (χ0) is 15.3. The largest absolute Gasteiger partial charge is 0.497 e. The highest BCUT2D eigenvalue weighted by molar-refractivity contribution is 7.13. The van der Waals surface area contributed by atoms with E-state index in [0.29, 0.717) is 11.8 Å². The van der Waals surface area contributed by atoms with Crippen molar-refractivity contribution in [2.75, 3.05) is 26.7 Å². The topological polar surface area (TPSA) is 62.7 Å². The molecular formula is C16H18N2O3S. The van der Waals surface area contributed by atoms with Crippen LogP contribution in [0.1, 0.15) is 34.8 Å². The molecule has 3 fully saturated rings. The molecule has 1 aromatic carbocycles. The zero-order valence-corrected chi connectivity index (χ0v) is 13.2. The Morgan fingerprint density at radius 2 is 2.18 bits per heavy atom. The number of ether oxygens (including phenoxy) is 1. The summed E-state index contributed by atoms with van der Waals surface area (Å²) >= 11 is 1.25. The average Bonchev–Trinajstić information content (AvgIpc) is 2.99. The lowest BCUT2D eigenvalue weighted by Gasteiger charge is -2.45. The molecule has 5 rings (SSSR count). The fourth-order valence-corrected chi connectivity index (χ4v) is 4.78. The number of carboxylic acid groups (broad SMARTS) is 1. The monoisotopic (exact) mass is 318 g/mol.